The summed E-state index contributed by atoms with van der Waals surface area (Å²) in [6.45, 7) is 1.68. The number of carbonyl (C=O) groups is 1. The molecule has 0 aliphatic carbocycles. The SMILES string of the molecule is CSC[C@@H]1CCN(C(=O)Nc2ccc(N(C)C)c(Cl)c2)C1. The number of halogens is 1. The number of thioether (sulfide) groups is 1. The van der Waals surface area contributed by atoms with Crippen molar-refractivity contribution < 1.29 is 4.79 Å². The summed E-state index contributed by atoms with van der Waals surface area (Å²) in [5, 5.41) is 3.57. The summed E-state index contributed by atoms with van der Waals surface area (Å²) in [6, 6.07) is 5.56. The summed E-state index contributed by atoms with van der Waals surface area (Å²) in [6.07, 6.45) is 3.20. The van der Waals surface area contributed by atoms with Crippen molar-refractivity contribution in [2.45, 2.75) is 6.42 Å². The zero-order valence-corrected chi connectivity index (χ0v) is 14.3. The minimum atomic E-state index is -0.0349. The van der Waals surface area contributed by atoms with E-state index in [4.69, 9.17) is 11.6 Å². The Labute approximate surface area is 135 Å². The first-order chi connectivity index (χ1) is 10.0. The standard InChI is InChI=1S/C15H22ClN3OS/c1-18(2)14-5-4-12(8-13(14)16)17-15(20)19-7-6-11(9-19)10-21-3/h4-5,8,11H,6-7,9-10H2,1-3H3,(H,17,20)/t11-/m1/s1. The van der Waals surface area contributed by atoms with E-state index >= 15 is 0 Å². The molecule has 0 radical (unpaired) electrons. The molecule has 1 fully saturated rings. The molecule has 1 N–H and O–H groups in total. The lowest BCUT2D eigenvalue weighted by molar-refractivity contribution is 0.221. The van der Waals surface area contributed by atoms with Crippen molar-refractivity contribution in [2.75, 3.05) is 49.4 Å². The Morgan fingerprint density at radius 1 is 1.52 bits per heavy atom. The zero-order valence-electron chi connectivity index (χ0n) is 12.7. The topological polar surface area (TPSA) is 35.6 Å². The third kappa shape index (κ3) is 4.20. The highest BCUT2D eigenvalue weighted by Gasteiger charge is 2.25. The molecular formula is C15H22ClN3OS. The van der Waals surface area contributed by atoms with Crippen molar-refractivity contribution in [3.8, 4) is 0 Å². The Balaban J connectivity index is 1.96. The molecule has 0 saturated carbocycles. The van der Waals surface area contributed by atoms with Crippen LogP contribution in [0, 0.1) is 5.92 Å². The number of carbonyl (C=O) groups excluding carboxylic acids is 1. The second kappa shape index (κ2) is 7.27. The number of rotatable bonds is 4. The molecule has 1 aliphatic heterocycles. The van der Waals surface area contributed by atoms with Crippen molar-refractivity contribution >= 4 is 40.8 Å². The molecular weight excluding hydrogens is 306 g/mol. The molecule has 0 spiro atoms. The van der Waals surface area contributed by atoms with Crippen LogP contribution < -0.4 is 10.2 Å². The van der Waals surface area contributed by atoms with E-state index in [2.05, 4.69) is 11.6 Å². The first-order valence-corrected chi connectivity index (χ1v) is 8.80. The zero-order chi connectivity index (χ0) is 15.4. The van der Waals surface area contributed by atoms with Gasteiger partial charge in [-0.2, -0.15) is 11.8 Å². The van der Waals surface area contributed by atoms with Gasteiger partial charge >= 0.3 is 6.03 Å². The van der Waals surface area contributed by atoms with Gasteiger partial charge in [0, 0.05) is 32.9 Å². The van der Waals surface area contributed by atoms with Gasteiger partial charge in [-0.15, -0.1) is 0 Å². The number of anilines is 2. The lowest BCUT2D eigenvalue weighted by Crippen LogP contribution is -2.33. The monoisotopic (exact) mass is 327 g/mol. The average Bonchev–Trinajstić information content (AvgIpc) is 2.87. The van der Waals surface area contributed by atoms with Crippen LogP contribution >= 0.6 is 23.4 Å². The quantitative estimate of drug-likeness (QED) is 0.917. The van der Waals surface area contributed by atoms with Crippen LogP contribution in [-0.4, -0.2) is 50.1 Å². The predicted molar refractivity (Wildman–Crippen MR) is 92.9 cm³/mol. The van der Waals surface area contributed by atoms with Crippen LogP contribution in [-0.2, 0) is 0 Å². The largest absolute Gasteiger partial charge is 0.376 e. The van der Waals surface area contributed by atoms with Gasteiger partial charge in [0.05, 0.1) is 10.7 Å². The van der Waals surface area contributed by atoms with E-state index in [0.717, 1.165) is 36.6 Å². The van der Waals surface area contributed by atoms with Crippen molar-refractivity contribution in [3.05, 3.63) is 23.2 Å². The minimum absolute atomic E-state index is 0.0349. The third-order valence-corrected chi connectivity index (χ3v) is 4.76. The van der Waals surface area contributed by atoms with E-state index in [0.29, 0.717) is 10.9 Å². The number of hydrogen-bond acceptors (Lipinski definition) is 3. The van der Waals surface area contributed by atoms with Gasteiger partial charge in [-0.25, -0.2) is 4.79 Å². The summed E-state index contributed by atoms with van der Waals surface area (Å²) in [4.78, 5) is 16.1. The van der Waals surface area contributed by atoms with Crippen LogP contribution in [0.1, 0.15) is 6.42 Å². The molecule has 0 unspecified atom stereocenters. The summed E-state index contributed by atoms with van der Waals surface area (Å²) >= 11 is 8.06. The van der Waals surface area contributed by atoms with Crippen molar-refractivity contribution in [3.63, 3.8) is 0 Å². The minimum Gasteiger partial charge on any atom is -0.376 e. The van der Waals surface area contributed by atoms with Crippen molar-refractivity contribution in [2.24, 2.45) is 5.92 Å². The highest BCUT2D eigenvalue weighted by atomic mass is 35.5. The molecule has 0 bridgehead atoms. The molecule has 21 heavy (non-hydrogen) atoms. The van der Waals surface area contributed by atoms with E-state index < -0.39 is 0 Å². The maximum absolute atomic E-state index is 12.2. The van der Waals surface area contributed by atoms with Gasteiger partial charge in [0.2, 0.25) is 0 Å². The van der Waals surface area contributed by atoms with Gasteiger partial charge in [0.1, 0.15) is 0 Å². The lowest BCUT2D eigenvalue weighted by atomic mass is 10.2. The molecule has 116 valence electrons. The van der Waals surface area contributed by atoms with Gasteiger partial charge in [0.15, 0.2) is 0 Å². The number of likely N-dealkylation sites (tertiary alicyclic amines) is 1. The fourth-order valence-electron chi connectivity index (χ4n) is 2.54. The van der Waals surface area contributed by atoms with Gasteiger partial charge in [-0.05, 0) is 42.5 Å². The number of urea groups is 1. The van der Waals surface area contributed by atoms with E-state index in [9.17, 15) is 4.79 Å². The van der Waals surface area contributed by atoms with Crippen LogP contribution in [0.4, 0.5) is 16.2 Å². The van der Waals surface area contributed by atoms with E-state index in [1.54, 1.807) is 6.07 Å². The van der Waals surface area contributed by atoms with Gasteiger partial charge in [-0.1, -0.05) is 11.6 Å². The summed E-state index contributed by atoms with van der Waals surface area (Å²) in [5.41, 5.74) is 1.68. The molecule has 6 heteroatoms. The lowest BCUT2D eigenvalue weighted by Gasteiger charge is -2.19. The smallest absolute Gasteiger partial charge is 0.321 e. The third-order valence-electron chi connectivity index (χ3n) is 3.66. The molecule has 1 aromatic rings. The summed E-state index contributed by atoms with van der Waals surface area (Å²) < 4.78 is 0. The van der Waals surface area contributed by atoms with E-state index in [1.807, 2.05) is 47.8 Å². The highest BCUT2D eigenvalue weighted by Crippen LogP contribution is 2.28. The van der Waals surface area contributed by atoms with Gasteiger partial charge in [0.25, 0.3) is 0 Å². The van der Waals surface area contributed by atoms with Crippen LogP contribution in [0.3, 0.4) is 0 Å². The molecule has 2 rings (SSSR count). The first-order valence-electron chi connectivity index (χ1n) is 7.03. The maximum atomic E-state index is 12.2. The van der Waals surface area contributed by atoms with Gasteiger partial charge < -0.3 is 15.1 Å². The number of hydrogen-bond donors (Lipinski definition) is 1. The Bertz CT molecular complexity index is 510. The predicted octanol–water partition coefficient (Wildman–Crippen LogP) is 3.62. The number of amides is 2. The Morgan fingerprint density at radius 3 is 2.90 bits per heavy atom. The normalized spacial score (nSPS) is 17.9. The fraction of sp³-hybridized carbons (Fsp3) is 0.533. The van der Waals surface area contributed by atoms with E-state index in [1.165, 1.54) is 0 Å². The second-order valence-corrected chi connectivity index (χ2v) is 6.86. The fourth-order valence-corrected chi connectivity index (χ4v) is 3.63. The Morgan fingerprint density at radius 2 is 2.29 bits per heavy atom. The summed E-state index contributed by atoms with van der Waals surface area (Å²) in [5.74, 6) is 1.73. The molecule has 4 nitrogen and oxygen atoms in total. The number of nitrogens with zero attached hydrogens (tertiary/aromatic N) is 2. The van der Waals surface area contributed by atoms with Crippen LogP contribution in [0.5, 0.6) is 0 Å². The number of benzene rings is 1. The maximum Gasteiger partial charge on any atom is 0.321 e. The molecule has 1 aliphatic rings. The van der Waals surface area contributed by atoms with Crippen LogP contribution in [0.25, 0.3) is 0 Å². The van der Waals surface area contributed by atoms with Gasteiger partial charge in [-0.3, -0.25) is 0 Å². The van der Waals surface area contributed by atoms with Crippen LogP contribution in [0.2, 0.25) is 5.02 Å². The van der Waals surface area contributed by atoms with Crippen molar-refractivity contribution in [1.29, 1.82) is 0 Å². The molecule has 1 atom stereocenters. The molecule has 1 aromatic carbocycles. The Hall–Kier alpha value is -1.07. The average molecular weight is 328 g/mol. The molecule has 0 aromatic heterocycles. The van der Waals surface area contributed by atoms with Crippen molar-refractivity contribution in [1.82, 2.24) is 4.90 Å². The van der Waals surface area contributed by atoms with Crippen LogP contribution in [0.15, 0.2) is 18.2 Å². The second-order valence-electron chi connectivity index (χ2n) is 5.55. The Kier molecular flexibility index (Phi) is 5.65. The molecule has 1 heterocycles. The summed E-state index contributed by atoms with van der Waals surface area (Å²) in [7, 11) is 3.88. The molecule has 1 saturated heterocycles. The van der Waals surface area contributed by atoms with E-state index in [-0.39, 0.29) is 6.03 Å². The number of nitrogens with one attached hydrogen (secondary N) is 1. The first kappa shape index (κ1) is 16.3. The highest BCUT2D eigenvalue weighted by molar-refractivity contribution is 7.98. The molecule has 2 amide bonds.